The van der Waals surface area contributed by atoms with Gasteiger partial charge in [-0.25, -0.2) is 0 Å². The monoisotopic (exact) mass is 864 g/mol. The predicted octanol–water partition coefficient (Wildman–Crippen LogP) is 8.40. The van der Waals surface area contributed by atoms with Crippen molar-refractivity contribution in [2.45, 2.75) is 148 Å². The number of halogens is 2. The minimum Gasteiger partial charge on any atom is -1.00 e. The third-order valence-corrected chi connectivity index (χ3v) is 20.0. The zero-order chi connectivity index (χ0) is 40.0. The number of allylic oxidation sites excluding steroid dienone is 4. The van der Waals surface area contributed by atoms with Gasteiger partial charge in [-0.1, -0.05) is 0 Å². The van der Waals surface area contributed by atoms with E-state index in [0.717, 1.165) is 12.8 Å². The fraction of sp³-hybridized carbons (Fsp3) is 0.453. The summed E-state index contributed by atoms with van der Waals surface area (Å²) in [6, 6.07) is 17.5. The minimum atomic E-state index is -2.72. The van der Waals surface area contributed by atoms with Crippen molar-refractivity contribution < 1.29 is 46.1 Å². The quantitative estimate of drug-likeness (QED) is 0.167. The zero-order valence-corrected chi connectivity index (χ0v) is 41.9. The van der Waals surface area contributed by atoms with E-state index in [2.05, 4.69) is 179 Å². The molecule has 0 spiro atoms. The molecule has 56 heavy (non-hydrogen) atoms. The topological polar surface area (TPSA) is 0 Å². The van der Waals surface area contributed by atoms with Crippen molar-refractivity contribution in [3.05, 3.63) is 119 Å². The van der Waals surface area contributed by atoms with Gasteiger partial charge in [-0.15, -0.1) is 0 Å². The van der Waals surface area contributed by atoms with Gasteiger partial charge in [0.05, 0.1) is 0 Å². The number of fused-ring (bicyclic) bond motifs is 3. The van der Waals surface area contributed by atoms with Crippen molar-refractivity contribution in [3.8, 4) is 33.4 Å². The average molecular weight is 867 g/mol. The Kier molecular flexibility index (Phi) is 13.6. The molecule has 2 aliphatic carbocycles. The minimum absolute atomic E-state index is 0. The van der Waals surface area contributed by atoms with E-state index >= 15 is 0 Å². The van der Waals surface area contributed by atoms with Crippen molar-refractivity contribution >= 4 is 6.48 Å². The summed E-state index contributed by atoms with van der Waals surface area (Å²) in [6.45, 7) is 43.0. The third-order valence-electron chi connectivity index (χ3n) is 12.3. The molecule has 0 nitrogen and oxygen atoms in total. The Morgan fingerprint density at radius 2 is 1.07 bits per heavy atom. The van der Waals surface area contributed by atoms with E-state index in [-0.39, 0.29) is 41.1 Å². The molecular formula is C53H68Cl2Zr. The van der Waals surface area contributed by atoms with E-state index in [1.165, 1.54) is 83.5 Å². The Labute approximate surface area is 362 Å². The van der Waals surface area contributed by atoms with Crippen LogP contribution in [0.2, 0.25) is 0 Å². The first-order valence-electron chi connectivity index (χ1n) is 20.6. The van der Waals surface area contributed by atoms with Crippen molar-refractivity contribution in [3.63, 3.8) is 0 Å². The second-order valence-corrected chi connectivity index (χ2v) is 27.3. The van der Waals surface area contributed by atoms with Gasteiger partial charge in [-0.3, -0.25) is 0 Å². The zero-order valence-electron chi connectivity index (χ0n) is 37.9. The molecule has 0 amide bonds. The van der Waals surface area contributed by atoms with Gasteiger partial charge < -0.3 is 24.8 Å². The molecule has 3 heteroatoms. The van der Waals surface area contributed by atoms with Crippen molar-refractivity contribution in [2.24, 2.45) is 11.3 Å². The molecule has 0 fully saturated rings. The van der Waals surface area contributed by atoms with E-state index in [1.807, 2.05) is 0 Å². The maximum atomic E-state index is 2.70. The molecule has 0 saturated carbocycles. The van der Waals surface area contributed by atoms with Crippen molar-refractivity contribution in [1.29, 1.82) is 0 Å². The van der Waals surface area contributed by atoms with Crippen molar-refractivity contribution in [2.75, 3.05) is 0 Å². The van der Waals surface area contributed by atoms with Crippen LogP contribution in [0.25, 0.3) is 33.4 Å². The summed E-state index contributed by atoms with van der Waals surface area (Å²) in [7, 11) is 0. The van der Waals surface area contributed by atoms with Gasteiger partial charge in [0.25, 0.3) is 0 Å². The first-order valence-corrected chi connectivity index (χ1v) is 24.3. The Morgan fingerprint density at radius 3 is 1.52 bits per heavy atom. The van der Waals surface area contributed by atoms with Gasteiger partial charge in [0, 0.05) is 0 Å². The molecule has 0 aliphatic heterocycles. The molecule has 4 aromatic carbocycles. The standard InChI is InChI=1S/C39H45.C11H17.C3H6.2ClH.Zr/c1-22-13-24(3)36(25(4)14-22)32-18-28-17-29-19-33(37-26(5)15-23(2)16-27(37)6)35(39(10,11)12)21-31(29)30(28)20-34(32)38(7,8)9;1-5-9-6-7-10(8-9)11(2,3)4;1-3-2;;;/h13-16,18,20-21H,17H2,1-12H3;7-9H,5H2,1-4H3;1-2H3;2*1H;/q;;;;;+2/p-2. The first-order chi connectivity index (χ1) is 24.9. The maximum absolute atomic E-state index is 2.72. The largest absolute Gasteiger partial charge is 1.00 e. The van der Waals surface area contributed by atoms with Crippen LogP contribution >= 0.6 is 0 Å². The van der Waals surface area contributed by atoms with Gasteiger partial charge in [-0.05, 0) is 0 Å². The number of benzene rings is 4. The molecule has 2 aliphatic rings. The molecule has 4 aromatic rings. The molecule has 6 rings (SSSR count). The summed E-state index contributed by atoms with van der Waals surface area (Å²) in [5.41, 5.74) is 24.9. The number of hydrogen-bond donors (Lipinski definition) is 0. The van der Waals surface area contributed by atoms with Crippen molar-refractivity contribution in [1.82, 2.24) is 0 Å². The van der Waals surface area contributed by atoms with Crippen LogP contribution in [0.15, 0.2) is 63.5 Å². The Morgan fingerprint density at radius 1 is 0.589 bits per heavy atom. The smallest absolute Gasteiger partial charge is 1.00 e. The molecule has 0 heterocycles. The molecular weight excluding hydrogens is 799 g/mol. The molecule has 0 bridgehead atoms. The van der Waals surface area contributed by atoms with Crippen LogP contribution in [0.4, 0.5) is 0 Å². The Balaban J connectivity index is 0.00000348. The maximum Gasteiger partial charge on any atom is -1.00 e. The molecule has 0 saturated heterocycles. The fourth-order valence-electron chi connectivity index (χ4n) is 9.89. The van der Waals surface area contributed by atoms with Crippen LogP contribution in [0.3, 0.4) is 0 Å². The van der Waals surface area contributed by atoms with Crippen LogP contribution in [-0.2, 0) is 38.5 Å². The Hall–Kier alpha value is -2.31. The summed E-state index contributed by atoms with van der Waals surface area (Å²) in [6.07, 6.45) is 7.52. The summed E-state index contributed by atoms with van der Waals surface area (Å²) >= 11 is -2.72. The van der Waals surface area contributed by atoms with Crippen LogP contribution in [0.1, 0.15) is 145 Å². The molecule has 1 atom stereocenters. The van der Waals surface area contributed by atoms with Gasteiger partial charge in [-0.2, -0.15) is 0 Å². The fourth-order valence-corrected chi connectivity index (χ4v) is 18.1. The van der Waals surface area contributed by atoms with Gasteiger partial charge >= 0.3 is 340 Å². The number of aryl methyl sites for hydroxylation is 6. The Bertz CT molecular complexity index is 2250. The number of rotatable bonds is 5. The van der Waals surface area contributed by atoms with Crippen LogP contribution in [0.5, 0.6) is 0 Å². The SMILES string of the molecule is CCC1C=C(C(C)(C)C)C=[C]1[Zr+2](=[C](C)C)[c]1c2c(cc(C(C)(C)C)c1-c1c(C)cc(C)cc1C)-c1cc(C(C)(C)C)c(-c3c(C)cc(C)cc3C)cc1C2.[Cl-].[Cl-]. The second kappa shape index (κ2) is 16.4. The van der Waals surface area contributed by atoms with E-state index in [9.17, 15) is 0 Å². The van der Waals surface area contributed by atoms with Gasteiger partial charge in [0.15, 0.2) is 0 Å². The van der Waals surface area contributed by atoms with E-state index < -0.39 is 21.3 Å². The van der Waals surface area contributed by atoms with E-state index in [4.69, 9.17) is 0 Å². The van der Waals surface area contributed by atoms with Gasteiger partial charge in [0.1, 0.15) is 0 Å². The van der Waals surface area contributed by atoms with Crippen LogP contribution < -0.4 is 28.1 Å². The average Bonchev–Trinajstić information content (AvgIpc) is 3.60. The molecule has 298 valence electrons. The molecule has 1 unspecified atom stereocenters. The molecule has 0 radical (unpaired) electrons. The predicted molar refractivity (Wildman–Crippen MR) is 237 cm³/mol. The van der Waals surface area contributed by atoms with E-state index in [1.54, 1.807) is 20.9 Å². The van der Waals surface area contributed by atoms with Crippen LogP contribution in [-0.4, -0.2) is 3.21 Å². The molecule has 0 aromatic heterocycles. The van der Waals surface area contributed by atoms with Crippen LogP contribution in [0, 0.1) is 52.9 Å². The number of hydrogen-bond acceptors (Lipinski definition) is 0. The van der Waals surface area contributed by atoms with Gasteiger partial charge in [0.2, 0.25) is 0 Å². The summed E-state index contributed by atoms with van der Waals surface area (Å²) in [5.74, 6) is 0.515. The first kappa shape index (κ1) is 46.4. The summed E-state index contributed by atoms with van der Waals surface area (Å²) in [4.78, 5) is 0. The summed E-state index contributed by atoms with van der Waals surface area (Å²) in [5, 5.41) is 0. The second-order valence-electron chi connectivity index (χ2n) is 20.3. The third kappa shape index (κ3) is 8.41. The summed E-state index contributed by atoms with van der Waals surface area (Å²) < 4.78 is 5.21. The van der Waals surface area contributed by atoms with E-state index in [0.29, 0.717) is 5.92 Å². The normalized spacial score (nSPS) is 14.9. The molecule has 0 N–H and O–H groups in total.